The third-order valence-electron chi connectivity index (χ3n) is 5.32. The smallest absolute Gasteiger partial charge is 0.410 e. The van der Waals surface area contributed by atoms with E-state index in [4.69, 9.17) is 9.72 Å². The largest absolute Gasteiger partial charge is 0.447 e. The molecule has 154 valence electrons. The van der Waals surface area contributed by atoms with Crippen LogP contribution in [0.5, 0.6) is 0 Å². The van der Waals surface area contributed by atoms with Crippen molar-refractivity contribution in [1.29, 1.82) is 0 Å². The van der Waals surface area contributed by atoms with Crippen LogP contribution in [0.4, 0.5) is 10.6 Å². The van der Waals surface area contributed by atoms with Crippen LogP contribution in [0.25, 0.3) is 10.9 Å². The number of anilines is 1. The summed E-state index contributed by atoms with van der Waals surface area (Å²) < 4.78 is 5.28. The molecule has 1 aromatic heterocycles. The van der Waals surface area contributed by atoms with Crippen molar-refractivity contribution in [3.63, 3.8) is 0 Å². The molecule has 0 unspecified atom stereocenters. The number of pyridine rings is 1. The zero-order valence-electron chi connectivity index (χ0n) is 17.0. The molecular formula is C22H28N4O3. The Bertz CT molecular complexity index is 902. The molecule has 2 N–H and O–H groups in total. The number of hydrogen-bond donors (Lipinski definition) is 2. The Morgan fingerprint density at radius 3 is 2.52 bits per heavy atom. The monoisotopic (exact) mass is 396 g/mol. The number of piperidine rings is 1. The van der Waals surface area contributed by atoms with Crippen molar-refractivity contribution in [2.24, 2.45) is 0 Å². The molecule has 0 radical (unpaired) electrons. The van der Waals surface area contributed by atoms with Crippen LogP contribution in [0.2, 0.25) is 0 Å². The van der Waals surface area contributed by atoms with Gasteiger partial charge in [-0.15, -0.1) is 0 Å². The van der Waals surface area contributed by atoms with Gasteiger partial charge in [0.25, 0.3) is 5.91 Å². The number of carbonyl (C=O) groups excluding carboxylic acids is 2. The third-order valence-corrected chi connectivity index (χ3v) is 5.32. The molecule has 1 aliphatic carbocycles. The standard InChI is InChI=1S/C22H28N4O3/c1-14(2)29-22(28)26-11-9-16(10-12-26)23-20-13-18(21(27)24-15-7-8-15)17-5-3-4-6-19(17)25-20/h3-6,13-16H,7-12H2,1-2H3,(H,23,25)(H,24,27). The van der Waals surface area contributed by atoms with Crippen molar-refractivity contribution in [3.8, 4) is 0 Å². The number of nitrogens with zero attached hydrogens (tertiary/aromatic N) is 2. The zero-order chi connectivity index (χ0) is 20.4. The van der Waals surface area contributed by atoms with Gasteiger partial charge in [-0.05, 0) is 51.7 Å². The molecule has 1 saturated heterocycles. The molecule has 2 amide bonds. The number of benzene rings is 1. The van der Waals surface area contributed by atoms with Gasteiger partial charge in [0, 0.05) is 30.6 Å². The predicted molar refractivity (Wildman–Crippen MR) is 112 cm³/mol. The van der Waals surface area contributed by atoms with E-state index in [9.17, 15) is 9.59 Å². The van der Waals surface area contributed by atoms with Gasteiger partial charge < -0.3 is 20.3 Å². The lowest BCUT2D eigenvalue weighted by molar-refractivity contribution is 0.0701. The number of para-hydroxylation sites is 1. The minimum Gasteiger partial charge on any atom is -0.447 e. The fourth-order valence-electron chi connectivity index (χ4n) is 3.62. The van der Waals surface area contributed by atoms with E-state index in [2.05, 4.69) is 10.6 Å². The number of likely N-dealkylation sites (tertiary alicyclic amines) is 1. The van der Waals surface area contributed by atoms with Gasteiger partial charge in [0.15, 0.2) is 0 Å². The van der Waals surface area contributed by atoms with Crippen LogP contribution in [0.1, 0.15) is 49.9 Å². The maximum atomic E-state index is 12.7. The lowest BCUT2D eigenvalue weighted by Crippen LogP contribution is -2.43. The van der Waals surface area contributed by atoms with E-state index in [1.165, 1.54) is 0 Å². The highest BCUT2D eigenvalue weighted by Crippen LogP contribution is 2.25. The fraction of sp³-hybridized carbons (Fsp3) is 0.500. The lowest BCUT2D eigenvalue weighted by atomic mass is 10.0. The van der Waals surface area contributed by atoms with E-state index in [1.807, 2.05) is 44.2 Å². The Morgan fingerprint density at radius 1 is 1.10 bits per heavy atom. The molecule has 2 heterocycles. The first-order chi connectivity index (χ1) is 14.0. The Hall–Kier alpha value is -2.83. The predicted octanol–water partition coefficient (Wildman–Crippen LogP) is 3.55. The fourth-order valence-corrected chi connectivity index (χ4v) is 3.62. The number of nitrogens with one attached hydrogen (secondary N) is 2. The number of ether oxygens (including phenoxy) is 1. The summed E-state index contributed by atoms with van der Waals surface area (Å²) in [5, 5.41) is 7.41. The number of carbonyl (C=O) groups is 2. The summed E-state index contributed by atoms with van der Waals surface area (Å²) in [5.74, 6) is 0.660. The molecule has 1 saturated carbocycles. The van der Waals surface area contributed by atoms with Gasteiger partial charge in [-0.3, -0.25) is 4.79 Å². The quantitative estimate of drug-likeness (QED) is 0.808. The zero-order valence-corrected chi connectivity index (χ0v) is 17.0. The van der Waals surface area contributed by atoms with E-state index in [0.29, 0.717) is 30.5 Å². The maximum Gasteiger partial charge on any atom is 0.410 e. The van der Waals surface area contributed by atoms with Crippen LogP contribution in [0.15, 0.2) is 30.3 Å². The number of hydrogen-bond acceptors (Lipinski definition) is 5. The molecule has 7 heteroatoms. The molecule has 1 aliphatic heterocycles. The second kappa shape index (κ2) is 8.27. The summed E-state index contributed by atoms with van der Waals surface area (Å²) in [5.41, 5.74) is 1.46. The molecule has 1 aromatic carbocycles. The van der Waals surface area contributed by atoms with Crippen molar-refractivity contribution >= 4 is 28.7 Å². The molecule has 29 heavy (non-hydrogen) atoms. The minimum absolute atomic E-state index is 0.0413. The topological polar surface area (TPSA) is 83.6 Å². The Morgan fingerprint density at radius 2 is 1.83 bits per heavy atom. The molecule has 0 spiro atoms. The van der Waals surface area contributed by atoms with Crippen molar-refractivity contribution in [2.75, 3.05) is 18.4 Å². The second-order valence-electron chi connectivity index (χ2n) is 8.16. The summed E-state index contributed by atoms with van der Waals surface area (Å²) in [4.78, 5) is 31.2. The van der Waals surface area contributed by atoms with Crippen molar-refractivity contribution < 1.29 is 14.3 Å². The van der Waals surface area contributed by atoms with Crippen LogP contribution >= 0.6 is 0 Å². The average molecular weight is 396 g/mol. The van der Waals surface area contributed by atoms with Gasteiger partial charge >= 0.3 is 6.09 Å². The van der Waals surface area contributed by atoms with E-state index < -0.39 is 0 Å². The Kier molecular flexibility index (Phi) is 5.56. The Balaban J connectivity index is 1.46. The van der Waals surface area contributed by atoms with E-state index >= 15 is 0 Å². The molecule has 2 aliphatic rings. The first-order valence-electron chi connectivity index (χ1n) is 10.4. The van der Waals surface area contributed by atoms with Crippen LogP contribution < -0.4 is 10.6 Å². The molecular weight excluding hydrogens is 368 g/mol. The number of amides is 2. The molecule has 2 aromatic rings. The highest BCUT2D eigenvalue weighted by Gasteiger charge is 2.26. The lowest BCUT2D eigenvalue weighted by Gasteiger charge is -2.32. The van der Waals surface area contributed by atoms with Gasteiger partial charge in [-0.25, -0.2) is 9.78 Å². The minimum atomic E-state index is -0.249. The highest BCUT2D eigenvalue weighted by atomic mass is 16.6. The second-order valence-corrected chi connectivity index (χ2v) is 8.16. The summed E-state index contributed by atoms with van der Waals surface area (Å²) in [7, 11) is 0. The highest BCUT2D eigenvalue weighted by molar-refractivity contribution is 6.07. The van der Waals surface area contributed by atoms with Crippen molar-refractivity contribution in [3.05, 3.63) is 35.9 Å². The summed E-state index contributed by atoms with van der Waals surface area (Å²) in [6.45, 7) is 5.00. The van der Waals surface area contributed by atoms with Gasteiger partial charge in [-0.1, -0.05) is 18.2 Å². The number of rotatable bonds is 5. The molecule has 0 bridgehead atoms. The van der Waals surface area contributed by atoms with Gasteiger partial charge in [-0.2, -0.15) is 0 Å². The molecule has 4 rings (SSSR count). The van der Waals surface area contributed by atoms with Gasteiger partial charge in [0.2, 0.25) is 0 Å². The molecule has 2 fully saturated rings. The van der Waals surface area contributed by atoms with Gasteiger partial charge in [0.1, 0.15) is 5.82 Å². The Labute approximate surface area is 170 Å². The first kappa shape index (κ1) is 19.5. The van der Waals surface area contributed by atoms with Crippen LogP contribution in [-0.4, -0.2) is 53.2 Å². The number of aromatic nitrogens is 1. The van der Waals surface area contributed by atoms with Crippen LogP contribution in [-0.2, 0) is 4.74 Å². The summed E-state index contributed by atoms with van der Waals surface area (Å²) >= 11 is 0. The van der Waals surface area contributed by atoms with E-state index in [1.54, 1.807) is 4.90 Å². The molecule has 0 atom stereocenters. The normalized spacial score (nSPS) is 17.4. The van der Waals surface area contributed by atoms with Crippen LogP contribution in [0, 0.1) is 0 Å². The summed E-state index contributed by atoms with van der Waals surface area (Å²) in [6, 6.07) is 10.1. The molecule has 7 nitrogen and oxygen atoms in total. The average Bonchev–Trinajstić information content (AvgIpc) is 3.51. The van der Waals surface area contributed by atoms with E-state index in [0.717, 1.165) is 36.6 Å². The maximum absolute atomic E-state index is 12.7. The SMILES string of the molecule is CC(C)OC(=O)N1CCC(Nc2cc(C(=O)NC3CC3)c3ccccc3n2)CC1. The van der Waals surface area contributed by atoms with Crippen LogP contribution in [0.3, 0.4) is 0 Å². The van der Waals surface area contributed by atoms with Crippen molar-refractivity contribution in [1.82, 2.24) is 15.2 Å². The van der Waals surface area contributed by atoms with Gasteiger partial charge in [0.05, 0.1) is 17.2 Å². The van der Waals surface area contributed by atoms with E-state index in [-0.39, 0.29) is 24.1 Å². The third kappa shape index (κ3) is 4.78. The van der Waals surface area contributed by atoms with Crippen molar-refractivity contribution in [2.45, 2.75) is 57.7 Å². The first-order valence-corrected chi connectivity index (χ1v) is 10.4. The summed E-state index contributed by atoms with van der Waals surface area (Å²) in [6.07, 6.45) is 3.37. The number of fused-ring (bicyclic) bond motifs is 1.